The van der Waals surface area contributed by atoms with Crippen LogP contribution in [0.3, 0.4) is 0 Å². The predicted molar refractivity (Wildman–Crippen MR) is 72.0 cm³/mol. The zero-order valence-electron chi connectivity index (χ0n) is 11.3. The number of piperidine rings is 1. The summed E-state index contributed by atoms with van der Waals surface area (Å²) in [5.41, 5.74) is 0.831. The Labute approximate surface area is 112 Å². The molecule has 2 rings (SSSR count). The first-order valence-electron chi connectivity index (χ1n) is 6.48. The smallest absolute Gasteiger partial charge is 0.222 e. The van der Waals surface area contributed by atoms with E-state index in [9.17, 15) is 15.0 Å². The number of phenols is 2. The minimum atomic E-state index is 0.00426. The summed E-state index contributed by atoms with van der Waals surface area (Å²) in [5, 5.41) is 22.4. The fourth-order valence-corrected chi connectivity index (χ4v) is 2.47. The third-order valence-corrected chi connectivity index (χ3v) is 3.54. The van der Waals surface area contributed by atoms with Gasteiger partial charge in [-0.1, -0.05) is 0 Å². The van der Waals surface area contributed by atoms with E-state index < -0.39 is 0 Å². The highest BCUT2D eigenvalue weighted by Crippen LogP contribution is 2.25. The van der Waals surface area contributed by atoms with Gasteiger partial charge in [0, 0.05) is 38.2 Å². The summed E-state index contributed by atoms with van der Waals surface area (Å²) >= 11 is 0. The van der Waals surface area contributed by atoms with E-state index in [1.807, 2.05) is 6.92 Å². The number of amides is 1. The molecule has 1 fully saturated rings. The Bertz CT molecular complexity index is 456. The van der Waals surface area contributed by atoms with Gasteiger partial charge in [-0.25, -0.2) is 0 Å². The van der Waals surface area contributed by atoms with Crippen LogP contribution in [0.1, 0.15) is 31.4 Å². The number of carbonyl (C=O) groups excluding carboxylic acids is 1. The number of likely N-dealkylation sites (N-methyl/N-ethyl adjacent to an activating group) is 1. The Morgan fingerprint density at radius 2 is 1.95 bits per heavy atom. The number of aromatic hydroxyl groups is 2. The first-order chi connectivity index (χ1) is 8.95. The molecule has 2 atom stereocenters. The highest BCUT2D eigenvalue weighted by atomic mass is 16.3. The van der Waals surface area contributed by atoms with E-state index in [0.29, 0.717) is 13.0 Å². The van der Waals surface area contributed by atoms with Crippen molar-refractivity contribution in [3.05, 3.63) is 23.8 Å². The summed E-state index contributed by atoms with van der Waals surface area (Å²) in [7, 11) is 1.81. The fourth-order valence-electron chi connectivity index (χ4n) is 2.47. The molecule has 0 aliphatic carbocycles. The maximum absolute atomic E-state index is 11.4. The van der Waals surface area contributed by atoms with Crippen LogP contribution < -0.4 is 5.32 Å². The molecule has 2 unspecified atom stereocenters. The number of benzene rings is 1. The molecule has 1 aliphatic rings. The van der Waals surface area contributed by atoms with Crippen molar-refractivity contribution < 1.29 is 15.0 Å². The van der Waals surface area contributed by atoms with E-state index in [4.69, 9.17) is 0 Å². The predicted octanol–water partition coefficient (Wildman–Crippen LogP) is 1.37. The maximum Gasteiger partial charge on any atom is 0.222 e. The topological polar surface area (TPSA) is 72.8 Å². The number of phenolic OH excluding ortho intramolecular Hbond substituents is 2. The van der Waals surface area contributed by atoms with Crippen molar-refractivity contribution in [2.24, 2.45) is 0 Å². The quantitative estimate of drug-likeness (QED) is 0.771. The third kappa shape index (κ3) is 3.38. The van der Waals surface area contributed by atoms with Gasteiger partial charge < -0.3 is 20.4 Å². The number of carbonyl (C=O) groups is 1. The Morgan fingerprint density at radius 3 is 2.53 bits per heavy atom. The molecule has 1 saturated heterocycles. The fraction of sp³-hybridized carbons (Fsp3) is 0.500. The van der Waals surface area contributed by atoms with Crippen LogP contribution >= 0.6 is 0 Å². The van der Waals surface area contributed by atoms with Crippen molar-refractivity contribution in [1.29, 1.82) is 0 Å². The average molecular weight is 264 g/mol. The van der Waals surface area contributed by atoms with Crippen molar-refractivity contribution in [3.63, 3.8) is 0 Å². The summed E-state index contributed by atoms with van der Waals surface area (Å²) in [5.74, 6) is 0.292. The molecular formula is C14H20N2O3. The van der Waals surface area contributed by atoms with Crippen LogP contribution in [0.25, 0.3) is 0 Å². The molecule has 0 bridgehead atoms. The monoisotopic (exact) mass is 264 g/mol. The normalized spacial score (nSPS) is 21.5. The Hall–Kier alpha value is -1.75. The van der Waals surface area contributed by atoms with Crippen LogP contribution in [0.2, 0.25) is 0 Å². The van der Waals surface area contributed by atoms with Gasteiger partial charge in [-0.15, -0.1) is 0 Å². The molecule has 1 aromatic carbocycles. The van der Waals surface area contributed by atoms with Crippen LogP contribution in [0.4, 0.5) is 0 Å². The largest absolute Gasteiger partial charge is 0.508 e. The number of rotatable bonds is 3. The van der Waals surface area contributed by atoms with Gasteiger partial charge in [0.15, 0.2) is 0 Å². The number of nitrogens with zero attached hydrogens (tertiary/aromatic N) is 1. The van der Waals surface area contributed by atoms with Crippen molar-refractivity contribution in [3.8, 4) is 11.5 Å². The Kier molecular flexibility index (Phi) is 3.95. The first-order valence-corrected chi connectivity index (χ1v) is 6.48. The van der Waals surface area contributed by atoms with Crippen molar-refractivity contribution >= 4 is 5.91 Å². The highest BCUT2D eigenvalue weighted by molar-refractivity contribution is 5.76. The van der Waals surface area contributed by atoms with E-state index in [-0.39, 0.29) is 29.5 Å². The lowest BCUT2D eigenvalue weighted by Crippen LogP contribution is -2.47. The minimum absolute atomic E-state index is 0.00426. The summed E-state index contributed by atoms with van der Waals surface area (Å²) in [6, 6.07) is 4.82. The molecule has 0 radical (unpaired) electrons. The minimum Gasteiger partial charge on any atom is -0.508 e. The maximum atomic E-state index is 11.4. The second kappa shape index (κ2) is 5.48. The average Bonchev–Trinajstić information content (AvgIpc) is 2.32. The molecule has 104 valence electrons. The molecule has 5 heteroatoms. The van der Waals surface area contributed by atoms with E-state index in [0.717, 1.165) is 12.0 Å². The van der Waals surface area contributed by atoms with Gasteiger partial charge in [-0.3, -0.25) is 4.79 Å². The van der Waals surface area contributed by atoms with Crippen LogP contribution in [0.5, 0.6) is 11.5 Å². The van der Waals surface area contributed by atoms with Crippen LogP contribution in [-0.2, 0) is 4.79 Å². The van der Waals surface area contributed by atoms with Crippen molar-refractivity contribution in [2.75, 3.05) is 13.6 Å². The summed E-state index contributed by atoms with van der Waals surface area (Å²) in [4.78, 5) is 13.1. The lowest BCUT2D eigenvalue weighted by atomic mass is 10.0. The molecule has 5 nitrogen and oxygen atoms in total. The molecule has 1 heterocycles. The molecule has 1 amide bonds. The van der Waals surface area contributed by atoms with Crippen LogP contribution in [0.15, 0.2) is 18.2 Å². The van der Waals surface area contributed by atoms with Crippen LogP contribution in [-0.4, -0.2) is 40.7 Å². The molecule has 0 aromatic heterocycles. The standard InChI is InChI=1S/C14H20N2O3/c1-9(10-5-12(17)7-13(18)6-10)15-11-3-4-14(19)16(2)8-11/h5-7,9,11,15,17-18H,3-4,8H2,1-2H3. The first kappa shape index (κ1) is 13.7. The highest BCUT2D eigenvalue weighted by Gasteiger charge is 2.24. The number of hydrogen-bond acceptors (Lipinski definition) is 4. The number of nitrogens with one attached hydrogen (secondary N) is 1. The van der Waals surface area contributed by atoms with Crippen molar-refractivity contribution in [2.45, 2.75) is 31.8 Å². The third-order valence-electron chi connectivity index (χ3n) is 3.54. The molecule has 19 heavy (non-hydrogen) atoms. The van der Waals surface area contributed by atoms with Gasteiger partial charge in [-0.05, 0) is 31.0 Å². The van der Waals surface area contributed by atoms with Crippen LogP contribution in [0, 0.1) is 0 Å². The Balaban J connectivity index is 2.00. The second-order valence-electron chi connectivity index (χ2n) is 5.18. The van der Waals surface area contributed by atoms with Gasteiger partial charge in [-0.2, -0.15) is 0 Å². The molecule has 0 saturated carbocycles. The Morgan fingerprint density at radius 1 is 1.32 bits per heavy atom. The lowest BCUT2D eigenvalue weighted by molar-refractivity contribution is -0.132. The molecule has 3 N–H and O–H groups in total. The molecule has 1 aromatic rings. The van der Waals surface area contributed by atoms with Gasteiger partial charge >= 0.3 is 0 Å². The summed E-state index contributed by atoms with van der Waals surface area (Å²) in [6.45, 7) is 2.67. The van der Waals surface area contributed by atoms with E-state index in [2.05, 4.69) is 5.32 Å². The lowest BCUT2D eigenvalue weighted by Gasteiger charge is -2.32. The summed E-state index contributed by atoms with van der Waals surface area (Å²) < 4.78 is 0. The molecular weight excluding hydrogens is 244 g/mol. The van der Waals surface area contributed by atoms with Gasteiger partial charge in [0.1, 0.15) is 11.5 Å². The molecule has 0 spiro atoms. The van der Waals surface area contributed by atoms with Crippen molar-refractivity contribution in [1.82, 2.24) is 10.2 Å². The second-order valence-corrected chi connectivity index (χ2v) is 5.18. The van der Waals surface area contributed by atoms with Gasteiger partial charge in [0.25, 0.3) is 0 Å². The van der Waals surface area contributed by atoms with E-state index in [1.165, 1.54) is 6.07 Å². The van der Waals surface area contributed by atoms with Gasteiger partial charge in [0.2, 0.25) is 5.91 Å². The zero-order chi connectivity index (χ0) is 14.0. The number of likely N-dealkylation sites (tertiary alicyclic amines) is 1. The summed E-state index contributed by atoms with van der Waals surface area (Å²) in [6.07, 6.45) is 1.38. The van der Waals surface area contributed by atoms with E-state index in [1.54, 1.807) is 24.1 Å². The van der Waals surface area contributed by atoms with Gasteiger partial charge in [0.05, 0.1) is 0 Å². The SMILES string of the molecule is CC(NC1CCC(=O)N(C)C1)c1cc(O)cc(O)c1. The number of hydrogen-bond donors (Lipinski definition) is 3. The van der Waals surface area contributed by atoms with E-state index >= 15 is 0 Å². The molecule has 1 aliphatic heterocycles. The zero-order valence-corrected chi connectivity index (χ0v) is 11.3.